The second-order valence-corrected chi connectivity index (χ2v) is 2.27. The fourth-order valence-electron chi connectivity index (χ4n) is 0.817. The first kappa shape index (κ1) is 8.96. The summed E-state index contributed by atoms with van der Waals surface area (Å²) in [6.07, 6.45) is -3.71. The maximum Gasteiger partial charge on any atom is 0.416 e. The van der Waals surface area contributed by atoms with Crippen LogP contribution in [-0.4, -0.2) is 4.98 Å². The van der Waals surface area contributed by atoms with Crippen LogP contribution < -0.4 is 0 Å². The molecular weight excluding hydrogens is 174 g/mol. The van der Waals surface area contributed by atoms with Gasteiger partial charge in [0.25, 0.3) is 0 Å². The van der Waals surface area contributed by atoms with Crippen LogP contribution in [0.25, 0.3) is 0 Å². The molecule has 0 aromatic carbocycles. The molecule has 0 atom stereocenters. The van der Waals surface area contributed by atoms with E-state index >= 15 is 0 Å². The summed E-state index contributed by atoms with van der Waals surface area (Å²) in [5, 5.41) is 0. The first-order valence-electron chi connectivity index (χ1n) is 3.11. The highest BCUT2D eigenvalue weighted by molar-refractivity contribution is 5.25. The Morgan fingerprint density at radius 2 is 1.92 bits per heavy atom. The van der Waals surface area contributed by atoms with Crippen molar-refractivity contribution < 1.29 is 17.6 Å². The lowest BCUT2D eigenvalue weighted by atomic mass is 10.1. The molecule has 1 heterocycles. The van der Waals surface area contributed by atoms with Crippen molar-refractivity contribution in [2.45, 2.75) is 13.1 Å². The zero-order chi connectivity index (χ0) is 9.35. The van der Waals surface area contributed by atoms with Crippen LogP contribution in [0.4, 0.5) is 17.6 Å². The summed E-state index contributed by atoms with van der Waals surface area (Å²) >= 11 is 0. The summed E-state index contributed by atoms with van der Waals surface area (Å²) in [6, 6.07) is 0.748. The van der Waals surface area contributed by atoms with Crippen LogP contribution in [0.5, 0.6) is 0 Å². The molecule has 12 heavy (non-hydrogen) atoms. The van der Waals surface area contributed by atoms with Gasteiger partial charge in [-0.2, -0.15) is 17.6 Å². The topological polar surface area (TPSA) is 12.9 Å². The summed E-state index contributed by atoms with van der Waals surface area (Å²) < 4.78 is 48.6. The van der Waals surface area contributed by atoms with Crippen molar-refractivity contribution >= 4 is 0 Å². The number of hydrogen-bond acceptors (Lipinski definition) is 1. The monoisotopic (exact) mass is 179 g/mol. The molecule has 1 aromatic heterocycles. The number of pyridine rings is 1. The number of nitrogens with zero attached hydrogens (tertiary/aromatic N) is 1. The number of hydrogen-bond donors (Lipinski definition) is 0. The lowest BCUT2D eigenvalue weighted by molar-refractivity contribution is -0.138. The van der Waals surface area contributed by atoms with Crippen LogP contribution in [0.2, 0.25) is 0 Å². The van der Waals surface area contributed by atoms with E-state index in [1.165, 1.54) is 0 Å². The van der Waals surface area contributed by atoms with Gasteiger partial charge in [-0.25, -0.2) is 4.98 Å². The van der Waals surface area contributed by atoms with Crippen LogP contribution in [0, 0.1) is 12.9 Å². The number of aromatic nitrogens is 1. The Bertz CT molecular complexity index is 292. The Labute approximate surface area is 66.0 Å². The highest BCUT2D eigenvalue weighted by Crippen LogP contribution is 2.31. The summed E-state index contributed by atoms with van der Waals surface area (Å²) in [5.74, 6) is -1.08. The SMILES string of the molecule is Cc1c(C(F)(F)F)ccnc1F. The van der Waals surface area contributed by atoms with E-state index in [1.807, 2.05) is 0 Å². The van der Waals surface area contributed by atoms with E-state index in [4.69, 9.17) is 0 Å². The fraction of sp³-hybridized carbons (Fsp3) is 0.286. The highest BCUT2D eigenvalue weighted by Gasteiger charge is 2.33. The van der Waals surface area contributed by atoms with Gasteiger partial charge in [0.15, 0.2) is 0 Å². The molecule has 66 valence electrons. The number of rotatable bonds is 0. The third kappa shape index (κ3) is 1.54. The van der Waals surface area contributed by atoms with Crippen molar-refractivity contribution in [2.75, 3.05) is 0 Å². The zero-order valence-corrected chi connectivity index (χ0v) is 6.11. The number of halogens is 4. The maximum absolute atomic E-state index is 12.5. The van der Waals surface area contributed by atoms with Gasteiger partial charge in [-0.05, 0) is 13.0 Å². The van der Waals surface area contributed by atoms with Gasteiger partial charge in [0.2, 0.25) is 5.95 Å². The molecule has 0 N–H and O–H groups in total. The van der Waals surface area contributed by atoms with Gasteiger partial charge in [-0.3, -0.25) is 0 Å². The van der Waals surface area contributed by atoms with Gasteiger partial charge in [-0.15, -0.1) is 0 Å². The Morgan fingerprint density at radius 1 is 1.33 bits per heavy atom. The van der Waals surface area contributed by atoms with E-state index < -0.39 is 23.3 Å². The lowest BCUT2D eigenvalue weighted by Crippen LogP contribution is -2.09. The Kier molecular flexibility index (Phi) is 2.04. The molecule has 0 saturated heterocycles. The fourth-order valence-corrected chi connectivity index (χ4v) is 0.817. The Balaban J connectivity index is 3.26. The molecule has 0 aliphatic rings. The van der Waals surface area contributed by atoms with Crippen LogP contribution in [0.3, 0.4) is 0 Å². The van der Waals surface area contributed by atoms with Gasteiger partial charge in [0, 0.05) is 11.8 Å². The molecule has 0 saturated carbocycles. The van der Waals surface area contributed by atoms with E-state index in [2.05, 4.69) is 4.98 Å². The molecule has 1 nitrogen and oxygen atoms in total. The van der Waals surface area contributed by atoms with E-state index in [9.17, 15) is 17.6 Å². The van der Waals surface area contributed by atoms with Crippen molar-refractivity contribution in [3.63, 3.8) is 0 Å². The van der Waals surface area contributed by atoms with E-state index in [1.54, 1.807) is 0 Å². The molecule has 0 spiro atoms. The highest BCUT2D eigenvalue weighted by atomic mass is 19.4. The van der Waals surface area contributed by atoms with Crippen molar-refractivity contribution in [2.24, 2.45) is 0 Å². The first-order chi connectivity index (χ1) is 5.43. The Morgan fingerprint density at radius 3 is 2.33 bits per heavy atom. The molecule has 0 aliphatic carbocycles. The zero-order valence-electron chi connectivity index (χ0n) is 6.11. The molecule has 0 fully saturated rings. The summed E-state index contributed by atoms with van der Waals surface area (Å²) in [5.41, 5.74) is -1.44. The predicted molar refractivity (Wildman–Crippen MR) is 33.9 cm³/mol. The van der Waals surface area contributed by atoms with E-state index in [0.717, 1.165) is 19.2 Å². The van der Waals surface area contributed by atoms with Gasteiger partial charge in [0.1, 0.15) is 0 Å². The summed E-state index contributed by atoms with van der Waals surface area (Å²) in [7, 11) is 0. The minimum atomic E-state index is -4.51. The minimum absolute atomic E-state index is 0.468. The van der Waals surface area contributed by atoms with Gasteiger partial charge in [0.05, 0.1) is 5.56 Å². The molecule has 1 aromatic rings. The second kappa shape index (κ2) is 2.73. The van der Waals surface area contributed by atoms with E-state index in [0.29, 0.717) is 0 Å². The van der Waals surface area contributed by atoms with Gasteiger partial charge in [-0.1, -0.05) is 0 Å². The summed E-state index contributed by atoms with van der Waals surface area (Å²) in [4.78, 5) is 3.09. The smallest absolute Gasteiger partial charge is 0.228 e. The molecule has 5 heteroatoms. The van der Waals surface area contributed by atoms with Crippen molar-refractivity contribution in [1.29, 1.82) is 0 Å². The third-order valence-corrected chi connectivity index (χ3v) is 1.45. The molecular formula is C7H5F4N. The van der Waals surface area contributed by atoms with Crippen LogP contribution in [0.15, 0.2) is 12.3 Å². The van der Waals surface area contributed by atoms with Gasteiger partial charge >= 0.3 is 6.18 Å². The summed E-state index contributed by atoms with van der Waals surface area (Å²) in [6.45, 7) is 1.05. The normalized spacial score (nSPS) is 11.8. The Hall–Kier alpha value is -1.13. The van der Waals surface area contributed by atoms with Crippen LogP contribution in [0.1, 0.15) is 11.1 Å². The first-order valence-corrected chi connectivity index (χ1v) is 3.11. The van der Waals surface area contributed by atoms with Gasteiger partial charge < -0.3 is 0 Å². The second-order valence-electron chi connectivity index (χ2n) is 2.27. The largest absolute Gasteiger partial charge is 0.416 e. The molecule has 0 amide bonds. The lowest BCUT2D eigenvalue weighted by Gasteiger charge is -2.08. The molecule has 0 radical (unpaired) electrons. The van der Waals surface area contributed by atoms with E-state index in [-0.39, 0.29) is 0 Å². The maximum atomic E-state index is 12.5. The van der Waals surface area contributed by atoms with Crippen molar-refractivity contribution in [3.05, 3.63) is 29.3 Å². The molecule has 1 rings (SSSR count). The quantitative estimate of drug-likeness (QED) is 0.440. The van der Waals surface area contributed by atoms with Crippen LogP contribution in [-0.2, 0) is 6.18 Å². The average Bonchev–Trinajstić information content (AvgIpc) is 1.92. The number of alkyl halides is 3. The standard InChI is InChI=1S/C7H5F4N/c1-4-5(7(9,10)11)2-3-12-6(4)8/h2-3H,1H3. The van der Waals surface area contributed by atoms with Crippen molar-refractivity contribution in [1.82, 2.24) is 4.98 Å². The van der Waals surface area contributed by atoms with Crippen LogP contribution >= 0.6 is 0 Å². The van der Waals surface area contributed by atoms with Crippen molar-refractivity contribution in [3.8, 4) is 0 Å². The minimum Gasteiger partial charge on any atom is -0.228 e. The molecule has 0 bridgehead atoms. The molecule has 0 unspecified atom stereocenters. The predicted octanol–water partition coefficient (Wildman–Crippen LogP) is 2.55. The molecule has 0 aliphatic heterocycles. The average molecular weight is 179 g/mol. The third-order valence-electron chi connectivity index (χ3n) is 1.45.